The molecule has 0 radical (unpaired) electrons. The highest BCUT2D eigenvalue weighted by atomic mass is 16.3. The van der Waals surface area contributed by atoms with E-state index in [2.05, 4.69) is 6.58 Å². The van der Waals surface area contributed by atoms with Crippen LogP contribution in [0.5, 0.6) is 0 Å². The summed E-state index contributed by atoms with van der Waals surface area (Å²) >= 11 is 0. The van der Waals surface area contributed by atoms with Crippen molar-refractivity contribution in [3.05, 3.63) is 12.7 Å². The summed E-state index contributed by atoms with van der Waals surface area (Å²) in [6, 6.07) is 0. The van der Waals surface area contributed by atoms with Gasteiger partial charge < -0.3 is 10.2 Å². The normalized spacial score (nSPS) is 15.9. The maximum absolute atomic E-state index is 9.01. The fourth-order valence-corrected chi connectivity index (χ4v) is 1.10. The fourth-order valence-electron chi connectivity index (χ4n) is 1.10. The van der Waals surface area contributed by atoms with Crippen LogP contribution >= 0.6 is 0 Å². The number of aliphatic hydroxyl groups excluding tert-OH is 2. The van der Waals surface area contributed by atoms with Gasteiger partial charge in [0.1, 0.15) is 0 Å². The number of rotatable bonds is 6. The lowest BCUT2D eigenvalue weighted by Gasteiger charge is -2.25. The Morgan fingerprint density at radius 3 is 2.45 bits per heavy atom. The topological polar surface area (TPSA) is 40.5 Å². The first-order valence-corrected chi connectivity index (χ1v) is 4.01. The van der Waals surface area contributed by atoms with E-state index in [-0.39, 0.29) is 18.6 Å². The molecule has 2 nitrogen and oxygen atoms in total. The van der Waals surface area contributed by atoms with Gasteiger partial charge in [-0.1, -0.05) is 13.0 Å². The molecule has 0 aliphatic rings. The van der Waals surface area contributed by atoms with Crippen LogP contribution in [0.25, 0.3) is 0 Å². The Balaban J connectivity index is 3.77. The lowest BCUT2D eigenvalue weighted by molar-refractivity contribution is 0.124. The minimum atomic E-state index is -0.0789. The molecule has 2 heteroatoms. The molecule has 11 heavy (non-hydrogen) atoms. The minimum Gasteiger partial charge on any atom is -0.396 e. The third kappa shape index (κ3) is 4.17. The van der Waals surface area contributed by atoms with Crippen LogP contribution in [0.2, 0.25) is 0 Å². The Kier molecular flexibility index (Phi) is 5.16. The predicted octanol–water partition coefficient (Wildman–Crippen LogP) is 1.33. The highest BCUT2D eigenvalue weighted by molar-refractivity contribution is 4.82. The Hall–Kier alpha value is -0.340. The van der Waals surface area contributed by atoms with Gasteiger partial charge in [-0.15, -0.1) is 6.58 Å². The van der Waals surface area contributed by atoms with Gasteiger partial charge in [-0.25, -0.2) is 0 Å². The molecule has 0 fully saturated rings. The molecule has 0 aromatic rings. The summed E-state index contributed by atoms with van der Waals surface area (Å²) in [5.41, 5.74) is -0.0789. The second-order valence-electron chi connectivity index (χ2n) is 3.29. The second-order valence-corrected chi connectivity index (χ2v) is 3.29. The van der Waals surface area contributed by atoms with Gasteiger partial charge in [-0.2, -0.15) is 0 Å². The highest BCUT2D eigenvalue weighted by Crippen LogP contribution is 2.26. The van der Waals surface area contributed by atoms with Gasteiger partial charge in [0.2, 0.25) is 0 Å². The average molecular weight is 158 g/mol. The van der Waals surface area contributed by atoms with Gasteiger partial charge in [0.25, 0.3) is 0 Å². The zero-order valence-electron chi connectivity index (χ0n) is 7.21. The third-order valence-electron chi connectivity index (χ3n) is 1.96. The first-order valence-electron chi connectivity index (χ1n) is 4.01. The van der Waals surface area contributed by atoms with E-state index < -0.39 is 0 Å². The van der Waals surface area contributed by atoms with Crippen molar-refractivity contribution in [3.8, 4) is 0 Å². The molecule has 0 unspecified atom stereocenters. The highest BCUT2D eigenvalue weighted by Gasteiger charge is 2.20. The number of aliphatic hydroxyl groups is 2. The van der Waals surface area contributed by atoms with E-state index in [1.165, 1.54) is 0 Å². The van der Waals surface area contributed by atoms with Crippen LogP contribution in [0.4, 0.5) is 0 Å². The van der Waals surface area contributed by atoms with Gasteiger partial charge in [0, 0.05) is 13.2 Å². The fraction of sp³-hybridized carbons (Fsp3) is 0.778. The van der Waals surface area contributed by atoms with E-state index in [4.69, 9.17) is 10.2 Å². The zero-order chi connectivity index (χ0) is 8.74. The van der Waals surface area contributed by atoms with E-state index >= 15 is 0 Å². The van der Waals surface area contributed by atoms with Crippen molar-refractivity contribution in [2.45, 2.75) is 26.2 Å². The van der Waals surface area contributed by atoms with Crippen molar-refractivity contribution in [3.63, 3.8) is 0 Å². The monoisotopic (exact) mass is 158 g/mol. The van der Waals surface area contributed by atoms with Crippen molar-refractivity contribution < 1.29 is 10.2 Å². The molecule has 0 heterocycles. The summed E-state index contributed by atoms with van der Waals surface area (Å²) < 4.78 is 0. The van der Waals surface area contributed by atoms with Crippen LogP contribution in [-0.4, -0.2) is 23.4 Å². The van der Waals surface area contributed by atoms with Crippen LogP contribution in [-0.2, 0) is 0 Å². The molecular formula is C9H18O2. The smallest absolute Gasteiger partial charge is 0.0487 e. The number of hydrogen-bond donors (Lipinski definition) is 2. The Labute approximate surface area is 68.6 Å². The van der Waals surface area contributed by atoms with Gasteiger partial charge in [0.05, 0.1) is 0 Å². The Morgan fingerprint density at radius 1 is 1.45 bits per heavy atom. The van der Waals surface area contributed by atoms with Crippen LogP contribution in [0.15, 0.2) is 12.7 Å². The van der Waals surface area contributed by atoms with Gasteiger partial charge >= 0.3 is 0 Å². The van der Waals surface area contributed by atoms with Crippen molar-refractivity contribution in [2.24, 2.45) is 5.41 Å². The lowest BCUT2D eigenvalue weighted by Crippen LogP contribution is -2.20. The van der Waals surface area contributed by atoms with E-state index in [0.717, 1.165) is 19.3 Å². The third-order valence-corrected chi connectivity index (χ3v) is 1.96. The molecule has 0 aromatic carbocycles. The van der Waals surface area contributed by atoms with Crippen molar-refractivity contribution in [1.29, 1.82) is 0 Å². The molecule has 0 aliphatic heterocycles. The molecule has 66 valence electrons. The van der Waals surface area contributed by atoms with Gasteiger partial charge in [0.15, 0.2) is 0 Å². The molecule has 0 spiro atoms. The molecule has 2 N–H and O–H groups in total. The van der Waals surface area contributed by atoms with E-state index in [0.29, 0.717) is 0 Å². The predicted molar refractivity (Wildman–Crippen MR) is 46.3 cm³/mol. The van der Waals surface area contributed by atoms with Crippen LogP contribution in [0.3, 0.4) is 0 Å². The summed E-state index contributed by atoms with van der Waals surface area (Å²) in [5.74, 6) is 0. The molecule has 0 amide bonds. The second kappa shape index (κ2) is 5.33. The summed E-state index contributed by atoms with van der Waals surface area (Å²) in [6.45, 7) is 6.00. The molecule has 1 atom stereocenters. The first-order chi connectivity index (χ1) is 5.18. The Morgan fingerprint density at radius 2 is 2.09 bits per heavy atom. The molecular weight excluding hydrogens is 140 g/mol. The van der Waals surface area contributed by atoms with Crippen LogP contribution in [0, 0.1) is 5.41 Å². The Bertz CT molecular complexity index is 112. The van der Waals surface area contributed by atoms with E-state index in [1.807, 2.05) is 13.0 Å². The summed E-state index contributed by atoms with van der Waals surface area (Å²) in [7, 11) is 0. The number of allylic oxidation sites excluding steroid dienone is 1. The summed E-state index contributed by atoms with van der Waals surface area (Å²) in [4.78, 5) is 0. The van der Waals surface area contributed by atoms with E-state index in [9.17, 15) is 0 Å². The summed E-state index contributed by atoms with van der Waals surface area (Å²) in [6.07, 6.45) is 4.23. The van der Waals surface area contributed by atoms with E-state index in [1.54, 1.807) is 0 Å². The standard InChI is InChI=1S/C9H18O2/c1-3-5-9(2,8-11)6-4-7-10/h3,10-11H,1,4-8H2,2H3/t9-/m1/s1. The maximum atomic E-state index is 9.01. The van der Waals surface area contributed by atoms with Crippen molar-refractivity contribution >= 4 is 0 Å². The van der Waals surface area contributed by atoms with Gasteiger partial charge in [-0.05, 0) is 24.7 Å². The van der Waals surface area contributed by atoms with Crippen molar-refractivity contribution in [1.82, 2.24) is 0 Å². The molecule has 0 saturated carbocycles. The maximum Gasteiger partial charge on any atom is 0.0487 e. The zero-order valence-corrected chi connectivity index (χ0v) is 7.21. The average Bonchev–Trinajstić information content (AvgIpc) is 2.02. The molecule has 0 aliphatic carbocycles. The van der Waals surface area contributed by atoms with Crippen LogP contribution < -0.4 is 0 Å². The quantitative estimate of drug-likeness (QED) is 0.572. The van der Waals surface area contributed by atoms with Crippen LogP contribution in [0.1, 0.15) is 26.2 Å². The SMILES string of the molecule is C=CC[C@@](C)(CO)CCCO. The number of hydrogen-bond acceptors (Lipinski definition) is 2. The molecule has 0 saturated heterocycles. The molecule has 0 aromatic heterocycles. The summed E-state index contributed by atoms with van der Waals surface area (Å²) in [5, 5.41) is 17.6. The molecule has 0 bridgehead atoms. The molecule has 0 rings (SSSR count). The minimum absolute atomic E-state index is 0.0789. The van der Waals surface area contributed by atoms with Crippen molar-refractivity contribution in [2.75, 3.05) is 13.2 Å². The lowest BCUT2D eigenvalue weighted by atomic mass is 9.83. The largest absolute Gasteiger partial charge is 0.396 e. The van der Waals surface area contributed by atoms with Gasteiger partial charge in [-0.3, -0.25) is 0 Å². The first kappa shape index (κ1) is 10.7.